The lowest BCUT2D eigenvalue weighted by atomic mass is 9.97. The lowest BCUT2D eigenvalue weighted by Gasteiger charge is -2.35. The van der Waals surface area contributed by atoms with Gasteiger partial charge >= 0.3 is 0 Å². The van der Waals surface area contributed by atoms with Gasteiger partial charge in [-0.15, -0.1) is 0 Å². The summed E-state index contributed by atoms with van der Waals surface area (Å²) in [4.78, 5) is 7.15. The molecule has 2 aliphatic rings. The molecule has 0 radical (unpaired) electrons. The van der Waals surface area contributed by atoms with Gasteiger partial charge in [-0.05, 0) is 32.7 Å². The smallest absolute Gasteiger partial charge is 0.109 e. The maximum atomic E-state index is 4.46. The fourth-order valence-electron chi connectivity index (χ4n) is 3.90. The Morgan fingerprint density at radius 2 is 2.20 bits per heavy atom. The topological polar surface area (TPSA) is 33.1 Å². The molecule has 1 aliphatic heterocycles. The Morgan fingerprint density at radius 3 is 2.90 bits per heavy atom. The highest BCUT2D eigenvalue weighted by molar-refractivity contribution is 4.99. The van der Waals surface area contributed by atoms with Crippen LogP contribution in [0.25, 0.3) is 0 Å². The Morgan fingerprint density at radius 1 is 1.40 bits per heavy atom. The maximum Gasteiger partial charge on any atom is 0.109 e. The molecule has 0 aromatic carbocycles. The quantitative estimate of drug-likeness (QED) is 0.916. The zero-order valence-corrected chi connectivity index (χ0v) is 12.9. The summed E-state index contributed by atoms with van der Waals surface area (Å²) >= 11 is 0. The van der Waals surface area contributed by atoms with Crippen LogP contribution < -0.4 is 5.32 Å². The Labute approximate surface area is 122 Å². The number of imidazole rings is 1. The van der Waals surface area contributed by atoms with Crippen LogP contribution in [0.4, 0.5) is 0 Å². The molecule has 4 heteroatoms. The van der Waals surface area contributed by atoms with Crippen molar-refractivity contribution in [2.24, 2.45) is 7.05 Å². The molecule has 1 aromatic rings. The minimum atomic E-state index is 0.409. The van der Waals surface area contributed by atoms with Gasteiger partial charge in [0.2, 0.25) is 0 Å². The van der Waals surface area contributed by atoms with Crippen LogP contribution >= 0.6 is 0 Å². The van der Waals surface area contributed by atoms with E-state index >= 15 is 0 Å². The van der Waals surface area contributed by atoms with E-state index in [9.17, 15) is 0 Å². The van der Waals surface area contributed by atoms with E-state index in [1.807, 2.05) is 12.4 Å². The molecule has 112 valence electrons. The standard InChI is InChI=1S/C16H28N4/c1-14-5-9-18-16(7-3-4-8-16)13-20(14)11-6-15-17-10-12-19(15)2/h10,12,14,18H,3-9,11,13H2,1-2H3. The van der Waals surface area contributed by atoms with Crippen molar-refractivity contribution in [2.75, 3.05) is 19.6 Å². The van der Waals surface area contributed by atoms with Crippen molar-refractivity contribution in [2.45, 2.75) is 57.0 Å². The molecule has 0 amide bonds. The second-order valence-corrected chi connectivity index (χ2v) is 6.73. The summed E-state index contributed by atoms with van der Waals surface area (Å²) in [6.45, 7) is 5.92. The Balaban J connectivity index is 1.64. The first-order chi connectivity index (χ1) is 9.69. The summed E-state index contributed by atoms with van der Waals surface area (Å²) in [5.74, 6) is 1.20. The lowest BCUT2D eigenvalue weighted by molar-refractivity contribution is 0.168. The van der Waals surface area contributed by atoms with Gasteiger partial charge in [0.05, 0.1) is 0 Å². The molecule has 1 saturated heterocycles. The Hall–Kier alpha value is -0.870. The van der Waals surface area contributed by atoms with Crippen molar-refractivity contribution in [3.63, 3.8) is 0 Å². The van der Waals surface area contributed by atoms with Crippen LogP contribution in [0.3, 0.4) is 0 Å². The summed E-state index contributed by atoms with van der Waals surface area (Å²) in [7, 11) is 2.09. The van der Waals surface area contributed by atoms with Crippen molar-refractivity contribution in [1.29, 1.82) is 0 Å². The number of hydrogen-bond acceptors (Lipinski definition) is 3. The molecular weight excluding hydrogens is 248 g/mol. The number of aromatic nitrogens is 2. The van der Waals surface area contributed by atoms with Gasteiger partial charge in [-0.3, -0.25) is 4.90 Å². The number of aryl methyl sites for hydroxylation is 1. The van der Waals surface area contributed by atoms with E-state index in [-0.39, 0.29) is 0 Å². The van der Waals surface area contributed by atoms with Gasteiger partial charge in [0.25, 0.3) is 0 Å². The third-order valence-corrected chi connectivity index (χ3v) is 5.30. The van der Waals surface area contributed by atoms with Crippen LogP contribution in [0.5, 0.6) is 0 Å². The van der Waals surface area contributed by atoms with E-state index in [1.54, 1.807) is 0 Å². The van der Waals surface area contributed by atoms with Crippen LogP contribution in [0, 0.1) is 0 Å². The van der Waals surface area contributed by atoms with Gasteiger partial charge in [0, 0.05) is 50.5 Å². The molecule has 1 atom stereocenters. The Kier molecular flexibility index (Phi) is 4.13. The van der Waals surface area contributed by atoms with E-state index in [2.05, 4.69) is 33.7 Å². The molecule has 20 heavy (non-hydrogen) atoms. The average Bonchev–Trinajstić information content (AvgIpc) is 3.00. The first-order valence-electron chi connectivity index (χ1n) is 8.14. The van der Waals surface area contributed by atoms with Gasteiger partial charge < -0.3 is 9.88 Å². The molecule has 1 unspecified atom stereocenters. The molecular formula is C16H28N4. The zero-order valence-electron chi connectivity index (χ0n) is 12.9. The van der Waals surface area contributed by atoms with E-state index in [4.69, 9.17) is 0 Å². The molecule has 2 heterocycles. The third kappa shape index (κ3) is 2.91. The van der Waals surface area contributed by atoms with Crippen LogP contribution in [0.15, 0.2) is 12.4 Å². The van der Waals surface area contributed by atoms with Gasteiger partial charge in [-0.1, -0.05) is 12.8 Å². The zero-order chi connectivity index (χ0) is 14.0. The minimum Gasteiger partial charge on any atom is -0.338 e. The molecule has 2 fully saturated rings. The first-order valence-corrected chi connectivity index (χ1v) is 8.14. The van der Waals surface area contributed by atoms with Crippen molar-refractivity contribution >= 4 is 0 Å². The van der Waals surface area contributed by atoms with E-state index < -0.39 is 0 Å². The summed E-state index contributed by atoms with van der Waals surface area (Å²) in [6, 6.07) is 0.683. The predicted octanol–water partition coefficient (Wildman–Crippen LogP) is 1.96. The highest BCUT2D eigenvalue weighted by atomic mass is 15.2. The monoisotopic (exact) mass is 276 g/mol. The van der Waals surface area contributed by atoms with Crippen LogP contribution in [0.1, 0.15) is 44.9 Å². The SMILES string of the molecule is CC1CCNC2(CCCC2)CN1CCc1nccn1C. The fraction of sp³-hybridized carbons (Fsp3) is 0.812. The summed E-state index contributed by atoms with van der Waals surface area (Å²) in [6.07, 6.45) is 11.8. The average molecular weight is 276 g/mol. The molecule has 1 N–H and O–H groups in total. The molecule has 0 bridgehead atoms. The Bertz CT molecular complexity index is 433. The number of nitrogens with one attached hydrogen (secondary N) is 1. The number of hydrogen-bond donors (Lipinski definition) is 1. The van der Waals surface area contributed by atoms with Gasteiger partial charge in [0.1, 0.15) is 5.82 Å². The molecule has 1 saturated carbocycles. The normalized spacial score (nSPS) is 27.0. The van der Waals surface area contributed by atoms with Gasteiger partial charge in [0.15, 0.2) is 0 Å². The van der Waals surface area contributed by atoms with E-state index in [1.165, 1.54) is 51.0 Å². The number of nitrogens with zero attached hydrogens (tertiary/aromatic N) is 3. The second kappa shape index (κ2) is 5.86. The van der Waals surface area contributed by atoms with Crippen molar-refractivity contribution in [3.05, 3.63) is 18.2 Å². The largest absolute Gasteiger partial charge is 0.338 e. The van der Waals surface area contributed by atoms with Crippen LogP contribution in [-0.4, -0.2) is 45.7 Å². The van der Waals surface area contributed by atoms with Crippen molar-refractivity contribution in [1.82, 2.24) is 19.8 Å². The second-order valence-electron chi connectivity index (χ2n) is 6.73. The van der Waals surface area contributed by atoms with Crippen LogP contribution in [0.2, 0.25) is 0 Å². The molecule has 1 spiro atoms. The fourth-order valence-corrected chi connectivity index (χ4v) is 3.90. The summed E-state index contributed by atoms with van der Waals surface area (Å²) < 4.78 is 2.14. The van der Waals surface area contributed by atoms with Crippen molar-refractivity contribution < 1.29 is 0 Å². The molecule has 1 aromatic heterocycles. The lowest BCUT2D eigenvalue weighted by Crippen LogP contribution is -2.50. The number of rotatable bonds is 3. The minimum absolute atomic E-state index is 0.409. The highest BCUT2D eigenvalue weighted by Crippen LogP contribution is 2.32. The highest BCUT2D eigenvalue weighted by Gasteiger charge is 2.37. The van der Waals surface area contributed by atoms with E-state index in [0.29, 0.717) is 11.6 Å². The summed E-state index contributed by atoms with van der Waals surface area (Å²) in [5, 5.41) is 3.86. The maximum absolute atomic E-state index is 4.46. The predicted molar refractivity (Wildman–Crippen MR) is 81.8 cm³/mol. The van der Waals surface area contributed by atoms with E-state index in [0.717, 1.165) is 13.0 Å². The van der Waals surface area contributed by atoms with Gasteiger partial charge in [-0.2, -0.15) is 0 Å². The van der Waals surface area contributed by atoms with Crippen molar-refractivity contribution in [3.8, 4) is 0 Å². The van der Waals surface area contributed by atoms with Gasteiger partial charge in [-0.25, -0.2) is 4.98 Å². The third-order valence-electron chi connectivity index (χ3n) is 5.30. The molecule has 3 rings (SSSR count). The summed E-state index contributed by atoms with van der Waals surface area (Å²) in [5.41, 5.74) is 0.409. The first kappa shape index (κ1) is 14.1. The molecule has 4 nitrogen and oxygen atoms in total. The van der Waals surface area contributed by atoms with Crippen LogP contribution in [-0.2, 0) is 13.5 Å². The molecule has 1 aliphatic carbocycles.